The highest BCUT2D eigenvalue weighted by Crippen LogP contribution is 2.21. The molecule has 2 rings (SSSR count). The van der Waals surface area contributed by atoms with E-state index in [-0.39, 0.29) is 23.6 Å². The van der Waals surface area contributed by atoms with E-state index in [0.717, 1.165) is 8.78 Å². The summed E-state index contributed by atoms with van der Waals surface area (Å²) in [7, 11) is -4.00. The highest BCUT2D eigenvalue weighted by atomic mass is 79.9. The van der Waals surface area contributed by atoms with Crippen LogP contribution in [0.3, 0.4) is 0 Å². The second kappa shape index (κ2) is 8.55. The van der Waals surface area contributed by atoms with Crippen LogP contribution in [0.2, 0.25) is 0 Å². The lowest BCUT2D eigenvalue weighted by Gasteiger charge is -2.21. The summed E-state index contributed by atoms with van der Waals surface area (Å²) < 4.78 is 46.2. The Labute approximate surface area is 154 Å². The average Bonchev–Trinajstić information content (AvgIpc) is 2.57. The Bertz CT molecular complexity index is 840. The lowest BCUT2D eigenvalue weighted by Crippen LogP contribution is -2.36. The zero-order valence-electron chi connectivity index (χ0n) is 13.5. The number of hydrogen-bond acceptors (Lipinski definition) is 4. The maximum atomic E-state index is 13.9. The number of esters is 1. The molecule has 5 nitrogen and oxygen atoms in total. The predicted molar refractivity (Wildman–Crippen MR) is 94.8 cm³/mol. The Hall–Kier alpha value is -1.77. The van der Waals surface area contributed by atoms with Gasteiger partial charge in [-0.15, -0.1) is 0 Å². The number of benzene rings is 2. The lowest BCUT2D eigenvalue weighted by atomic mass is 10.2. The number of sulfonamides is 1. The number of nitrogens with zero attached hydrogens (tertiary/aromatic N) is 1. The lowest BCUT2D eigenvalue weighted by molar-refractivity contribution is -0.143. The zero-order valence-corrected chi connectivity index (χ0v) is 15.9. The van der Waals surface area contributed by atoms with Crippen LogP contribution in [0.1, 0.15) is 12.5 Å². The van der Waals surface area contributed by atoms with Crippen LogP contribution in [0, 0.1) is 5.82 Å². The largest absolute Gasteiger partial charge is 0.465 e. The van der Waals surface area contributed by atoms with Crippen molar-refractivity contribution in [1.29, 1.82) is 0 Å². The number of carbonyl (C=O) groups is 1. The van der Waals surface area contributed by atoms with Crippen molar-refractivity contribution in [2.75, 3.05) is 13.2 Å². The first-order chi connectivity index (χ1) is 11.8. The molecule has 0 heterocycles. The Morgan fingerprint density at radius 2 is 1.80 bits per heavy atom. The van der Waals surface area contributed by atoms with Gasteiger partial charge in [0.1, 0.15) is 12.4 Å². The first kappa shape index (κ1) is 19.6. The van der Waals surface area contributed by atoms with Crippen LogP contribution in [0.25, 0.3) is 0 Å². The Morgan fingerprint density at radius 1 is 1.16 bits per heavy atom. The molecule has 0 aliphatic rings. The summed E-state index contributed by atoms with van der Waals surface area (Å²) in [6.07, 6.45) is 0. The first-order valence-electron chi connectivity index (χ1n) is 7.49. The molecular weight excluding hydrogens is 413 g/mol. The third-order valence-electron chi connectivity index (χ3n) is 3.37. The van der Waals surface area contributed by atoms with Gasteiger partial charge in [0.05, 0.1) is 11.5 Å². The van der Waals surface area contributed by atoms with Crippen LogP contribution in [0.4, 0.5) is 4.39 Å². The van der Waals surface area contributed by atoms with Crippen LogP contribution in [-0.4, -0.2) is 31.8 Å². The van der Waals surface area contributed by atoms with Gasteiger partial charge in [0, 0.05) is 16.6 Å². The standard InChI is InChI=1S/C17H17BrFNO4S/c1-2-24-17(21)12-20(11-13-5-3-4-6-16(13)19)25(22,23)15-9-7-14(18)8-10-15/h3-10H,2,11-12H2,1H3. The van der Waals surface area contributed by atoms with E-state index < -0.39 is 28.4 Å². The molecule has 8 heteroatoms. The minimum absolute atomic E-state index is 0.0105. The summed E-state index contributed by atoms with van der Waals surface area (Å²) in [5.41, 5.74) is 0.174. The van der Waals surface area contributed by atoms with Gasteiger partial charge in [0.25, 0.3) is 0 Å². The molecule has 25 heavy (non-hydrogen) atoms. The van der Waals surface area contributed by atoms with E-state index in [1.54, 1.807) is 25.1 Å². The third-order valence-corrected chi connectivity index (χ3v) is 5.70. The van der Waals surface area contributed by atoms with E-state index in [1.165, 1.54) is 30.3 Å². The van der Waals surface area contributed by atoms with Crippen LogP contribution >= 0.6 is 15.9 Å². The van der Waals surface area contributed by atoms with Crippen molar-refractivity contribution >= 4 is 31.9 Å². The molecule has 2 aromatic rings. The predicted octanol–water partition coefficient (Wildman–Crippen LogP) is 3.34. The molecule has 0 aromatic heterocycles. The van der Waals surface area contributed by atoms with Crippen LogP contribution in [0.15, 0.2) is 57.9 Å². The molecule has 0 bridgehead atoms. The second-order valence-corrected chi connectivity index (χ2v) is 7.98. The fraction of sp³-hybridized carbons (Fsp3) is 0.235. The van der Waals surface area contributed by atoms with Gasteiger partial charge in [-0.3, -0.25) is 4.79 Å². The Balaban J connectivity index is 2.37. The van der Waals surface area contributed by atoms with E-state index in [0.29, 0.717) is 0 Å². The van der Waals surface area contributed by atoms with Crippen LogP contribution in [-0.2, 0) is 26.1 Å². The molecular formula is C17H17BrFNO4S. The number of halogens is 2. The minimum Gasteiger partial charge on any atom is -0.465 e. The number of ether oxygens (including phenoxy) is 1. The number of rotatable bonds is 7. The van der Waals surface area contributed by atoms with Gasteiger partial charge in [-0.1, -0.05) is 34.1 Å². The molecule has 0 N–H and O–H groups in total. The Kier molecular flexibility index (Phi) is 6.69. The molecule has 0 aliphatic carbocycles. The van der Waals surface area contributed by atoms with Crippen molar-refractivity contribution in [1.82, 2.24) is 4.31 Å². The van der Waals surface area contributed by atoms with Crippen molar-refractivity contribution in [2.45, 2.75) is 18.4 Å². The number of hydrogen-bond donors (Lipinski definition) is 0. The summed E-state index contributed by atoms with van der Waals surface area (Å²) in [6.45, 7) is 0.984. The minimum atomic E-state index is -4.00. The molecule has 0 fully saturated rings. The molecule has 134 valence electrons. The molecule has 0 radical (unpaired) electrons. The maximum absolute atomic E-state index is 13.9. The SMILES string of the molecule is CCOC(=O)CN(Cc1ccccc1F)S(=O)(=O)c1ccc(Br)cc1. The zero-order chi connectivity index (χ0) is 18.4. The van der Waals surface area contributed by atoms with Gasteiger partial charge >= 0.3 is 5.97 Å². The summed E-state index contributed by atoms with van der Waals surface area (Å²) in [5.74, 6) is -1.23. The van der Waals surface area contributed by atoms with Crippen molar-refractivity contribution < 1.29 is 22.3 Å². The molecule has 0 atom stereocenters. The number of carbonyl (C=O) groups excluding carboxylic acids is 1. The Morgan fingerprint density at radius 3 is 2.40 bits per heavy atom. The monoisotopic (exact) mass is 429 g/mol. The van der Waals surface area contributed by atoms with Gasteiger partial charge in [0.2, 0.25) is 10.0 Å². The van der Waals surface area contributed by atoms with Gasteiger partial charge in [-0.25, -0.2) is 12.8 Å². The summed E-state index contributed by atoms with van der Waals surface area (Å²) >= 11 is 3.24. The van der Waals surface area contributed by atoms with Crippen molar-refractivity contribution in [3.05, 3.63) is 64.4 Å². The molecule has 0 amide bonds. The quantitative estimate of drug-likeness (QED) is 0.633. The van der Waals surface area contributed by atoms with Crippen molar-refractivity contribution in [3.8, 4) is 0 Å². The molecule has 2 aromatic carbocycles. The molecule has 0 unspecified atom stereocenters. The molecule has 0 aliphatic heterocycles. The topological polar surface area (TPSA) is 63.7 Å². The van der Waals surface area contributed by atoms with E-state index in [9.17, 15) is 17.6 Å². The van der Waals surface area contributed by atoms with E-state index in [1.807, 2.05) is 0 Å². The van der Waals surface area contributed by atoms with Gasteiger partial charge in [-0.05, 0) is 37.3 Å². The average molecular weight is 430 g/mol. The third kappa shape index (κ3) is 5.10. The fourth-order valence-corrected chi connectivity index (χ4v) is 3.78. The smallest absolute Gasteiger partial charge is 0.321 e. The van der Waals surface area contributed by atoms with Crippen LogP contribution in [0.5, 0.6) is 0 Å². The van der Waals surface area contributed by atoms with Gasteiger partial charge in [0.15, 0.2) is 0 Å². The normalized spacial score (nSPS) is 11.5. The molecule has 0 saturated heterocycles. The fourth-order valence-electron chi connectivity index (χ4n) is 2.15. The highest BCUT2D eigenvalue weighted by molar-refractivity contribution is 9.10. The van der Waals surface area contributed by atoms with E-state index in [4.69, 9.17) is 4.74 Å². The maximum Gasteiger partial charge on any atom is 0.321 e. The van der Waals surface area contributed by atoms with E-state index in [2.05, 4.69) is 15.9 Å². The highest BCUT2D eigenvalue weighted by Gasteiger charge is 2.28. The summed E-state index contributed by atoms with van der Waals surface area (Å²) in [6, 6.07) is 11.8. The van der Waals surface area contributed by atoms with Gasteiger partial charge < -0.3 is 4.74 Å². The van der Waals surface area contributed by atoms with Crippen LogP contribution < -0.4 is 0 Å². The van der Waals surface area contributed by atoms with Crippen molar-refractivity contribution in [2.24, 2.45) is 0 Å². The molecule has 0 spiro atoms. The molecule has 0 saturated carbocycles. The van der Waals surface area contributed by atoms with Gasteiger partial charge in [-0.2, -0.15) is 4.31 Å². The summed E-state index contributed by atoms with van der Waals surface area (Å²) in [5, 5.41) is 0. The second-order valence-electron chi connectivity index (χ2n) is 5.12. The van der Waals surface area contributed by atoms with Crippen molar-refractivity contribution in [3.63, 3.8) is 0 Å². The van der Waals surface area contributed by atoms with E-state index >= 15 is 0 Å². The first-order valence-corrected chi connectivity index (χ1v) is 9.72. The summed E-state index contributed by atoms with van der Waals surface area (Å²) in [4.78, 5) is 11.8.